The monoisotopic (exact) mass is 316 g/mol. The fourth-order valence-electron chi connectivity index (χ4n) is 3.82. The Balaban J connectivity index is 1.59. The molecule has 1 saturated heterocycles. The molecule has 1 N–H and O–H groups in total. The molecule has 1 fully saturated rings. The number of fused-ring (bicyclic) bond motifs is 1. The van der Waals surface area contributed by atoms with Gasteiger partial charge in [-0.3, -0.25) is 4.90 Å². The van der Waals surface area contributed by atoms with Gasteiger partial charge in [0.25, 0.3) is 0 Å². The largest absolute Gasteiger partial charge is 0.379 e. The molecule has 0 bridgehead atoms. The summed E-state index contributed by atoms with van der Waals surface area (Å²) >= 11 is 0. The third kappa shape index (κ3) is 4.14. The number of aryl methyl sites for hydroxylation is 2. The average Bonchev–Trinajstić information content (AvgIpc) is 2.60. The number of benzene rings is 1. The van der Waals surface area contributed by atoms with Gasteiger partial charge in [-0.2, -0.15) is 0 Å². The van der Waals surface area contributed by atoms with Crippen LogP contribution in [0.5, 0.6) is 0 Å². The van der Waals surface area contributed by atoms with E-state index in [1.165, 1.54) is 31.2 Å². The lowest BCUT2D eigenvalue weighted by Gasteiger charge is -2.41. The molecule has 2 aliphatic rings. The summed E-state index contributed by atoms with van der Waals surface area (Å²) in [6.45, 7) is 11.8. The van der Waals surface area contributed by atoms with Crippen LogP contribution in [0.3, 0.4) is 0 Å². The van der Waals surface area contributed by atoms with E-state index in [0.29, 0.717) is 6.04 Å². The summed E-state index contributed by atoms with van der Waals surface area (Å²) in [7, 11) is 0. The van der Waals surface area contributed by atoms with E-state index in [0.717, 1.165) is 32.8 Å². The molecule has 0 aromatic heterocycles. The quantitative estimate of drug-likeness (QED) is 0.902. The molecule has 1 aromatic carbocycles. The highest BCUT2D eigenvalue weighted by molar-refractivity contribution is 5.35. The fourth-order valence-corrected chi connectivity index (χ4v) is 3.82. The maximum Gasteiger partial charge on any atom is 0.0594 e. The van der Waals surface area contributed by atoms with Gasteiger partial charge >= 0.3 is 0 Å². The highest BCUT2D eigenvalue weighted by Gasteiger charge is 2.28. The zero-order chi connectivity index (χ0) is 16.3. The molecule has 0 radical (unpaired) electrons. The van der Waals surface area contributed by atoms with Gasteiger partial charge in [-0.05, 0) is 63.1 Å². The van der Waals surface area contributed by atoms with E-state index in [4.69, 9.17) is 4.74 Å². The van der Waals surface area contributed by atoms with Crippen molar-refractivity contribution in [3.8, 4) is 0 Å². The number of rotatable bonds is 5. The molecule has 23 heavy (non-hydrogen) atoms. The van der Waals surface area contributed by atoms with E-state index >= 15 is 0 Å². The number of ether oxygens (including phenoxy) is 1. The van der Waals surface area contributed by atoms with Gasteiger partial charge in [0.1, 0.15) is 0 Å². The van der Waals surface area contributed by atoms with Crippen LogP contribution in [0, 0.1) is 0 Å². The molecule has 1 aliphatic heterocycles. The van der Waals surface area contributed by atoms with Crippen LogP contribution in [0.15, 0.2) is 18.2 Å². The third-order valence-electron chi connectivity index (χ3n) is 5.58. The summed E-state index contributed by atoms with van der Waals surface area (Å²) in [6.07, 6.45) is 5.23. The van der Waals surface area contributed by atoms with E-state index in [2.05, 4.69) is 49.2 Å². The molecule has 0 saturated carbocycles. The van der Waals surface area contributed by atoms with Crippen molar-refractivity contribution in [2.24, 2.45) is 0 Å². The van der Waals surface area contributed by atoms with Gasteiger partial charge in [-0.25, -0.2) is 0 Å². The molecule has 1 aliphatic carbocycles. The number of morpholine rings is 1. The van der Waals surface area contributed by atoms with Gasteiger partial charge in [0, 0.05) is 31.2 Å². The van der Waals surface area contributed by atoms with Crippen LogP contribution in [0.4, 0.5) is 0 Å². The fraction of sp³-hybridized carbons (Fsp3) is 0.700. The summed E-state index contributed by atoms with van der Waals surface area (Å²) in [5.74, 6) is 0. The minimum Gasteiger partial charge on any atom is -0.379 e. The number of nitrogens with zero attached hydrogens (tertiary/aromatic N) is 1. The van der Waals surface area contributed by atoms with E-state index in [1.807, 2.05) is 0 Å². The maximum atomic E-state index is 5.48. The average molecular weight is 316 g/mol. The lowest BCUT2D eigenvalue weighted by atomic mass is 9.89. The highest BCUT2D eigenvalue weighted by Crippen LogP contribution is 2.25. The second kappa shape index (κ2) is 7.33. The standard InChI is InChI=1S/C20H32N2O/c1-16(18-9-8-17-6-4-5-7-19(17)14-18)21-15-20(2,3)22-10-12-23-13-11-22/h8-9,14,16,21H,4-7,10-13,15H2,1-3H3. The molecular formula is C20H32N2O. The zero-order valence-electron chi connectivity index (χ0n) is 15.0. The Morgan fingerprint density at radius 2 is 1.83 bits per heavy atom. The Hall–Kier alpha value is -0.900. The topological polar surface area (TPSA) is 24.5 Å². The summed E-state index contributed by atoms with van der Waals surface area (Å²) in [5, 5.41) is 3.76. The Morgan fingerprint density at radius 3 is 2.57 bits per heavy atom. The Morgan fingerprint density at radius 1 is 1.13 bits per heavy atom. The molecule has 0 amide bonds. The second-order valence-electron chi connectivity index (χ2n) is 7.75. The van der Waals surface area contributed by atoms with Crippen molar-refractivity contribution in [3.05, 3.63) is 34.9 Å². The molecule has 3 rings (SSSR count). The van der Waals surface area contributed by atoms with Crippen LogP contribution in [-0.2, 0) is 17.6 Å². The van der Waals surface area contributed by atoms with E-state index < -0.39 is 0 Å². The van der Waals surface area contributed by atoms with Crippen LogP contribution in [0.1, 0.15) is 56.3 Å². The first-order valence-corrected chi connectivity index (χ1v) is 9.24. The zero-order valence-corrected chi connectivity index (χ0v) is 15.0. The Kier molecular flexibility index (Phi) is 5.40. The summed E-state index contributed by atoms with van der Waals surface area (Å²) in [4.78, 5) is 2.54. The normalized spacial score (nSPS) is 21.0. The van der Waals surface area contributed by atoms with E-state index in [-0.39, 0.29) is 5.54 Å². The number of hydrogen-bond donors (Lipinski definition) is 1. The minimum atomic E-state index is 0.173. The molecule has 1 heterocycles. The third-order valence-corrected chi connectivity index (χ3v) is 5.58. The van der Waals surface area contributed by atoms with Crippen molar-refractivity contribution in [1.82, 2.24) is 10.2 Å². The van der Waals surface area contributed by atoms with Gasteiger partial charge in [-0.1, -0.05) is 18.2 Å². The molecule has 1 unspecified atom stereocenters. The summed E-state index contributed by atoms with van der Waals surface area (Å²) in [5.41, 5.74) is 4.76. The molecule has 128 valence electrons. The molecule has 0 spiro atoms. The van der Waals surface area contributed by atoms with Crippen LogP contribution in [0.2, 0.25) is 0 Å². The van der Waals surface area contributed by atoms with Gasteiger partial charge < -0.3 is 10.1 Å². The van der Waals surface area contributed by atoms with Crippen LogP contribution in [0.25, 0.3) is 0 Å². The first-order valence-electron chi connectivity index (χ1n) is 9.24. The first kappa shape index (κ1) is 16.9. The predicted octanol–water partition coefficient (Wildman–Crippen LogP) is 3.33. The van der Waals surface area contributed by atoms with Gasteiger partial charge in [-0.15, -0.1) is 0 Å². The van der Waals surface area contributed by atoms with Crippen molar-refractivity contribution >= 4 is 0 Å². The first-order chi connectivity index (χ1) is 11.1. The van der Waals surface area contributed by atoms with E-state index in [9.17, 15) is 0 Å². The number of hydrogen-bond acceptors (Lipinski definition) is 3. The lowest BCUT2D eigenvalue weighted by Crippen LogP contribution is -2.54. The summed E-state index contributed by atoms with van der Waals surface area (Å²) < 4.78 is 5.48. The van der Waals surface area contributed by atoms with Gasteiger partial charge in [0.2, 0.25) is 0 Å². The van der Waals surface area contributed by atoms with Gasteiger partial charge in [0.05, 0.1) is 13.2 Å². The van der Waals surface area contributed by atoms with Crippen molar-refractivity contribution in [1.29, 1.82) is 0 Å². The Bertz CT molecular complexity index is 520. The van der Waals surface area contributed by atoms with Crippen LogP contribution in [-0.4, -0.2) is 43.3 Å². The lowest BCUT2D eigenvalue weighted by molar-refractivity contribution is -0.0102. The Labute approximate surface area is 141 Å². The molecule has 1 atom stereocenters. The molecule has 3 nitrogen and oxygen atoms in total. The van der Waals surface area contributed by atoms with Crippen molar-refractivity contribution in [2.45, 2.75) is 58.0 Å². The summed E-state index contributed by atoms with van der Waals surface area (Å²) in [6, 6.07) is 7.52. The smallest absolute Gasteiger partial charge is 0.0594 e. The van der Waals surface area contributed by atoms with Crippen LogP contribution < -0.4 is 5.32 Å². The second-order valence-corrected chi connectivity index (χ2v) is 7.75. The molecule has 3 heteroatoms. The number of nitrogens with one attached hydrogen (secondary N) is 1. The highest BCUT2D eigenvalue weighted by atomic mass is 16.5. The predicted molar refractivity (Wildman–Crippen MR) is 96.0 cm³/mol. The molecule has 1 aromatic rings. The SMILES string of the molecule is CC(NCC(C)(C)N1CCOCC1)c1ccc2c(c1)CCCC2. The molecular weight excluding hydrogens is 284 g/mol. The van der Waals surface area contributed by atoms with Crippen molar-refractivity contribution in [3.63, 3.8) is 0 Å². The van der Waals surface area contributed by atoms with Crippen molar-refractivity contribution < 1.29 is 4.74 Å². The van der Waals surface area contributed by atoms with E-state index in [1.54, 1.807) is 11.1 Å². The minimum absolute atomic E-state index is 0.173. The van der Waals surface area contributed by atoms with Crippen LogP contribution >= 0.6 is 0 Å². The maximum absolute atomic E-state index is 5.48. The van der Waals surface area contributed by atoms with Gasteiger partial charge in [0.15, 0.2) is 0 Å². The van der Waals surface area contributed by atoms with Crippen molar-refractivity contribution in [2.75, 3.05) is 32.8 Å².